The Hall–Kier alpha value is -3.59. The van der Waals surface area contributed by atoms with Crippen LogP contribution in [0.2, 0.25) is 0 Å². The molecular weight excluding hydrogens is 460 g/mol. The van der Waals surface area contributed by atoms with Gasteiger partial charge >= 0.3 is 0 Å². The molecule has 2 aliphatic rings. The van der Waals surface area contributed by atoms with Gasteiger partial charge in [-0.3, -0.25) is 4.98 Å². The molecule has 0 unspecified atom stereocenters. The van der Waals surface area contributed by atoms with Gasteiger partial charge < -0.3 is 15.1 Å². The van der Waals surface area contributed by atoms with Gasteiger partial charge in [-0.15, -0.1) is 0 Å². The lowest BCUT2D eigenvalue weighted by Crippen LogP contribution is -2.49. The molecule has 7 nitrogen and oxygen atoms in total. The second-order valence-electron chi connectivity index (χ2n) is 9.97. The minimum atomic E-state index is -0.696. The number of hydrogen-bond donors (Lipinski definition) is 1. The van der Waals surface area contributed by atoms with Crippen molar-refractivity contribution in [1.29, 1.82) is 0 Å². The van der Waals surface area contributed by atoms with Crippen LogP contribution in [0, 0.1) is 11.6 Å². The molecule has 0 saturated carbocycles. The summed E-state index contributed by atoms with van der Waals surface area (Å²) in [5.41, 5.74) is 3.06. The van der Waals surface area contributed by atoms with Gasteiger partial charge in [-0.2, -0.15) is 5.10 Å². The van der Waals surface area contributed by atoms with Crippen LogP contribution in [0.1, 0.15) is 32.3 Å². The molecule has 1 aromatic carbocycles. The summed E-state index contributed by atoms with van der Waals surface area (Å²) >= 11 is 0. The summed E-state index contributed by atoms with van der Waals surface area (Å²) in [7, 11) is 0. The van der Waals surface area contributed by atoms with E-state index in [4.69, 9.17) is 9.97 Å². The summed E-state index contributed by atoms with van der Waals surface area (Å²) in [5.74, 6) is -0.134. The maximum atomic E-state index is 14.8. The molecule has 5 heterocycles. The molecule has 2 atom stereocenters. The van der Waals surface area contributed by atoms with Crippen molar-refractivity contribution in [2.45, 2.75) is 38.3 Å². The van der Waals surface area contributed by atoms with E-state index < -0.39 is 17.2 Å². The Balaban J connectivity index is 1.34. The number of nitrogens with one attached hydrogen (secondary N) is 1. The Morgan fingerprint density at radius 1 is 1.08 bits per heavy atom. The van der Waals surface area contributed by atoms with Crippen LogP contribution in [0.4, 0.5) is 20.3 Å². The third-order valence-corrected chi connectivity index (χ3v) is 7.54. The van der Waals surface area contributed by atoms with Crippen LogP contribution in [0.3, 0.4) is 0 Å². The lowest BCUT2D eigenvalue weighted by Gasteiger charge is -2.37. The first-order chi connectivity index (χ1) is 17.4. The second kappa shape index (κ2) is 8.81. The Kier molecular flexibility index (Phi) is 5.59. The van der Waals surface area contributed by atoms with Gasteiger partial charge in [0.05, 0.1) is 34.9 Å². The van der Waals surface area contributed by atoms with E-state index in [1.807, 2.05) is 31.5 Å². The van der Waals surface area contributed by atoms with Crippen LogP contribution in [-0.4, -0.2) is 51.8 Å². The van der Waals surface area contributed by atoms with Crippen molar-refractivity contribution < 1.29 is 8.78 Å². The summed E-state index contributed by atoms with van der Waals surface area (Å²) in [5, 5.41) is 7.93. The minimum Gasteiger partial charge on any atom is -0.367 e. The summed E-state index contributed by atoms with van der Waals surface area (Å²) in [6, 6.07) is 10.1. The molecule has 1 N–H and O–H groups in total. The number of halogens is 2. The van der Waals surface area contributed by atoms with Crippen molar-refractivity contribution in [3.63, 3.8) is 0 Å². The number of nitrogens with zero attached hydrogens (tertiary/aromatic N) is 6. The highest BCUT2D eigenvalue weighted by Gasteiger charge is 2.41. The lowest BCUT2D eigenvalue weighted by atomic mass is 9.88. The Labute approximate surface area is 208 Å². The molecule has 0 bridgehead atoms. The van der Waals surface area contributed by atoms with Crippen LogP contribution in [-0.2, 0) is 5.54 Å². The largest absolute Gasteiger partial charge is 0.367 e. The fourth-order valence-corrected chi connectivity index (χ4v) is 5.61. The maximum absolute atomic E-state index is 14.8. The first kappa shape index (κ1) is 22.8. The van der Waals surface area contributed by atoms with E-state index in [0.717, 1.165) is 49.1 Å². The van der Waals surface area contributed by atoms with Crippen molar-refractivity contribution in [2.24, 2.45) is 0 Å². The highest BCUT2D eigenvalue weighted by molar-refractivity contribution is 5.76. The Morgan fingerprint density at radius 3 is 2.78 bits per heavy atom. The molecule has 2 saturated heterocycles. The second-order valence-corrected chi connectivity index (χ2v) is 9.97. The summed E-state index contributed by atoms with van der Waals surface area (Å²) in [6.45, 7) is 7.70. The Morgan fingerprint density at radius 2 is 1.97 bits per heavy atom. The van der Waals surface area contributed by atoms with Crippen molar-refractivity contribution in [3.8, 4) is 11.3 Å². The number of rotatable bonds is 4. The van der Waals surface area contributed by atoms with E-state index in [1.54, 1.807) is 10.7 Å². The molecule has 4 aromatic rings. The number of benzene rings is 1. The summed E-state index contributed by atoms with van der Waals surface area (Å²) < 4.78 is 30.6. The predicted octanol–water partition coefficient (Wildman–Crippen LogP) is 4.38. The highest BCUT2D eigenvalue weighted by atomic mass is 19.1. The molecule has 36 heavy (non-hydrogen) atoms. The molecule has 9 heteroatoms. The topological polar surface area (TPSA) is 61.6 Å². The van der Waals surface area contributed by atoms with Crippen molar-refractivity contribution >= 4 is 17.2 Å². The first-order valence-corrected chi connectivity index (χ1v) is 12.4. The quantitative estimate of drug-likeness (QED) is 0.459. The Bertz CT molecular complexity index is 1400. The number of piperazine rings is 1. The fraction of sp³-hybridized carbons (Fsp3) is 0.370. The van der Waals surface area contributed by atoms with E-state index in [1.165, 1.54) is 12.1 Å². The standard InChI is InChI=1S/C27H29F2N7/c1-18-17-34(13-10-30-18)20-5-7-24(31-15-20)21-16-32-36-12-8-25(33-26(21)36)35-11-3-9-27(35,2)22-14-19(28)4-6-23(22)29/h4-8,12,14-16,18,30H,3,9-11,13,17H2,1-2H3/t18-,27-/m1/s1. The average Bonchev–Trinajstić information content (AvgIpc) is 3.49. The third-order valence-electron chi connectivity index (χ3n) is 7.54. The number of anilines is 2. The van der Waals surface area contributed by atoms with Crippen molar-refractivity contribution in [3.05, 3.63) is 72.2 Å². The van der Waals surface area contributed by atoms with Crippen LogP contribution >= 0.6 is 0 Å². The molecule has 2 fully saturated rings. The number of aromatic nitrogens is 4. The highest BCUT2D eigenvalue weighted by Crippen LogP contribution is 2.42. The molecule has 0 radical (unpaired) electrons. The van der Waals surface area contributed by atoms with Crippen molar-refractivity contribution in [2.75, 3.05) is 36.0 Å². The predicted molar refractivity (Wildman–Crippen MR) is 136 cm³/mol. The van der Waals surface area contributed by atoms with Crippen molar-refractivity contribution in [1.82, 2.24) is 24.9 Å². The number of pyridine rings is 1. The zero-order valence-corrected chi connectivity index (χ0v) is 20.5. The molecule has 2 aliphatic heterocycles. The van der Waals surface area contributed by atoms with Crippen LogP contribution in [0.15, 0.2) is 55.0 Å². The van der Waals surface area contributed by atoms with E-state index >= 15 is 0 Å². The summed E-state index contributed by atoms with van der Waals surface area (Å²) in [6.07, 6.45) is 7.11. The maximum Gasteiger partial charge on any atom is 0.166 e. The molecule has 0 aliphatic carbocycles. The lowest BCUT2D eigenvalue weighted by molar-refractivity contribution is 0.451. The van der Waals surface area contributed by atoms with Gasteiger partial charge in [-0.25, -0.2) is 18.3 Å². The van der Waals surface area contributed by atoms with Gasteiger partial charge in [0.1, 0.15) is 17.5 Å². The van der Waals surface area contributed by atoms with Gasteiger partial charge in [-0.05, 0) is 63.1 Å². The zero-order chi connectivity index (χ0) is 24.9. The van der Waals surface area contributed by atoms with Gasteiger partial charge in [0, 0.05) is 44.0 Å². The molecule has 6 rings (SSSR count). The van der Waals surface area contributed by atoms with Gasteiger partial charge in [0.2, 0.25) is 0 Å². The van der Waals surface area contributed by atoms with Gasteiger partial charge in [-0.1, -0.05) is 0 Å². The van der Waals surface area contributed by atoms with E-state index in [2.05, 4.69) is 33.2 Å². The molecule has 0 amide bonds. The third kappa shape index (κ3) is 3.87. The first-order valence-electron chi connectivity index (χ1n) is 12.4. The van der Waals surface area contributed by atoms with Gasteiger partial charge in [0.25, 0.3) is 0 Å². The summed E-state index contributed by atoms with van der Waals surface area (Å²) in [4.78, 5) is 14.1. The molecular formula is C27H29F2N7. The fourth-order valence-electron chi connectivity index (χ4n) is 5.61. The minimum absolute atomic E-state index is 0.356. The zero-order valence-electron chi connectivity index (χ0n) is 20.5. The molecule has 0 spiro atoms. The smallest absolute Gasteiger partial charge is 0.166 e. The monoisotopic (exact) mass is 489 g/mol. The van der Waals surface area contributed by atoms with E-state index in [0.29, 0.717) is 36.0 Å². The average molecular weight is 490 g/mol. The van der Waals surface area contributed by atoms with Crippen LogP contribution < -0.4 is 15.1 Å². The van der Waals surface area contributed by atoms with Gasteiger partial charge in [0.15, 0.2) is 5.65 Å². The molecule has 3 aromatic heterocycles. The number of hydrogen-bond acceptors (Lipinski definition) is 6. The van der Waals surface area contributed by atoms with Crippen LogP contribution in [0.25, 0.3) is 16.9 Å². The van der Waals surface area contributed by atoms with E-state index in [-0.39, 0.29) is 0 Å². The molecule has 186 valence electrons. The number of fused-ring (bicyclic) bond motifs is 1. The normalized spacial score (nSPS) is 22.5. The SMILES string of the molecule is C[C@@H]1CN(c2ccc(-c3cnn4ccc(N5CCC[C@]5(C)c5cc(F)ccc5F)nc34)nc2)CCN1. The van der Waals surface area contributed by atoms with E-state index in [9.17, 15) is 8.78 Å². The van der Waals surface area contributed by atoms with Crippen LogP contribution in [0.5, 0.6) is 0 Å².